The van der Waals surface area contributed by atoms with E-state index >= 15 is 0 Å². The highest BCUT2D eigenvalue weighted by Crippen LogP contribution is 2.50. The normalized spacial score (nSPS) is 19.2. The minimum absolute atomic E-state index is 0.973. The van der Waals surface area contributed by atoms with Gasteiger partial charge in [-0.25, -0.2) is 0 Å². The molecule has 0 radical (unpaired) electrons. The molecule has 7 aromatic rings. The van der Waals surface area contributed by atoms with Crippen LogP contribution in [0.5, 0.6) is 0 Å². The summed E-state index contributed by atoms with van der Waals surface area (Å²) in [6.45, 7) is -1.85. The van der Waals surface area contributed by atoms with Crippen molar-refractivity contribution in [3.8, 4) is 11.3 Å². The summed E-state index contributed by atoms with van der Waals surface area (Å²) in [7, 11) is 0. The van der Waals surface area contributed by atoms with Gasteiger partial charge in [0.2, 0.25) is 5.84 Å². The molecule has 0 saturated carbocycles. The van der Waals surface area contributed by atoms with E-state index in [1.54, 1.807) is 0 Å². The Morgan fingerprint density at radius 2 is 1.23 bits per heavy atom. The second-order valence-electron chi connectivity index (χ2n) is 11.3. The van der Waals surface area contributed by atoms with Crippen molar-refractivity contribution < 1.29 is 4.48 Å². The molecule has 7 heterocycles. The second-order valence-corrected chi connectivity index (χ2v) is 11.3. The molecule has 4 aromatic carbocycles. The van der Waals surface area contributed by atoms with Gasteiger partial charge in [-0.05, 0) is 35.3 Å². The maximum absolute atomic E-state index is 5.31. The summed E-state index contributed by atoms with van der Waals surface area (Å²) in [5.74, 6) is 1.95. The van der Waals surface area contributed by atoms with Crippen molar-refractivity contribution in [3.63, 3.8) is 0 Å². The molecular weight excluding hydrogens is 489 g/mol. The highest BCUT2D eigenvalue weighted by Gasteiger charge is 2.59. The van der Waals surface area contributed by atoms with Crippen LogP contribution in [0, 0.1) is 0 Å². The summed E-state index contributed by atoms with van der Waals surface area (Å²) in [5, 5.41) is 5.13. The number of rotatable bonds is 0. The molecule has 4 aliphatic heterocycles. The summed E-state index contributed by atoms with van der Waals surface area (Å²) in [6, 6.07) is 37.9. The lowest BCUT2D eigenvalue weighted by atomic mass is 9.62. The van der Waals surface area contributed by atoms with Gasteiger partial charge < -0.3 is 18.2 Å². The lowest BCUT2D eigenvalue weighted by Gasteiger charge is -2.57. The Kier molecular flexibility index (Phi) is 3.08. The number of pyridine rings is 1. The molecule has 5 nitrogen and oxygen atoms in total. The van der Waals surface area contributed by atoms with Gasteiger partial charge in [-0.2, -0.15) is 0 Å². The number of aliphatic imine (C=N–C) groups is 1. The molecule has 6 heteroatoms. The third kappa shape index (κ3) is 1.86. The Morgan fingerprint density at radius 1 is 0.600 bits per heavy atom. The molecule has 1 unspecified atom stereocenters. The third-order valence-electron chi connectivity index (χ3n) is 9.64. The maximum atomic E-state index is 5.31. The van der Waals surface area contributed by atoms with Gasteiger partial charge in [0.05, 0.1) is 5.69 Å². The first-order valence-corrected chi connectivity index (χ1v) is 13.9. The molecule has 0 saturated heterocycles. The molecule has 0 fully saturated rings. The minimum atomic E-state index is -1.85. The van der Waals surface area contributed by atoms with Crippen LogP contribution in [0.3, 0.4) is 0 Å². The van der Waals surface area contributed by atoms with Crippen LogP contribution < -0.4 is 4.48 Å². The maximum Gasteiger partial charge on any atom is 0.508 e. The average molecular weight is 509 g/mol. The van der Waals surface area contributed by atoms with E-state index in [1.807, 2.05) is 0 Å². The zero-order valence-electron chi connectivity index (χ0n) is 21.4. The van der Waals surface area contributed by atoms with Gasteiger partial charge in [-0.1, -0.05) is 78.9 Å². The van der Waals surface area contributed by atoms with Gasteiger partial charge in [0.15, 0.2) is 0 Å². The molecular formula is C34H20BN5. The number of allylic oxidation sites excluding steroid dienone is 2. The first kappa shape index (κ1) is 19.7. The van der Waals surface area contributed by atoms with Crippen LogP contribution in [0.2, 0.25) is 0 Å². The summed E-state index contributed by atoms with van der Waals surface area (Å²) in [4.78, 5) is 7.84. The molecule has 0 amide bonds. The van der Waals surface area contributed by atoms with Crippen LogP contribution in [0.25, 0.3) is 60.6 Å². The third-order valence-corrected chi connectivity index (χ3v) is 9.64. The van der Waals surface area contributed by atoms with E-state index in [0.717, 1.165) is 11.7 Å². The number of aromatic nitrogens is 3. The SMILES string of the molecule is C1=CC2=Nc3cccc4[n+]3[B-]3(N2C(=C1)c1cccc2c5ccccc5n3c12)n1c2ccccc2c2cccc-4c21. The fourth-order valence-corrected chi connectivity index (χ4v) is 8.42. The van der Waals surface area contributed by atoms with Crippen molar-refractivity contribution in [1.29, 1.82) is 0 Å². The van der Waals surface area contributed by atoms with Crippen LogP contribution in [0.15, 0.2) is 126 Å². The van der Waals surface area contributed by atoms with Crippen LogP contribution in [0.1, 0.15) is 5.56 Å². The van der Waals surface area contributed by atoms with E-state index in [-0.39, 0.29) is 0 Å². The molecule has 0 aliphatic carbocycles. The summed E-state index contributed by atoms with van der Waals surface area (Å²) < 4.78 is 7.84. The Bertz CT molecular complexity index is 2460. The molecule has 1 spiro atoms. The number of para-hydroxylation sites is 4. The van der Waals surface area contributed by atoms with Gasteiger partial charge >= 0.3 is 6.69 Å². The van der Waals surface area contributed by atoms with Gasteiger partial charge in [0, 0.05) is 72.6 Å². The van der Waals surface area contributed by atoms with Crippen molar-refractivity contribution in [3.05, 3.63) is 127 Å². The zero-order chi connectivity index (χ0) is 25.7. The summed E-state index contributed by atoms with van der Waals surface area (Å²) in [5.41, 5.74) is 9.90. The first-order valence-electron chi connectivity index (χ1n) is 13.9. The largest absolute Gasteiger partial charge is 0.508 e. The zero-order valence-corrected chi connectivity index (χ0v) is 21.4. The van der Waals surface area contributed by atoms with Crippen LogP contribution in [-0.2, 0) is 0 Å². The molecule has 1 atom stereocenters. The van der Waals surface area contributed by atoms with E-state index in [0.29, 0.717) is 0 Å². The number of hydrogen-bond acceptors (Lipinski definition) is 2. The number of amidine groups is 1. The quantitative estimate of drug-likeness (QED) is 0.206. The molecule has 11 rings (SSSR count). The first-order chi connectivity index (χ1) is 19.9. The monoisotopic (exact) mass is 509 g/mol. The predicted molar refractivity (Wildman–Crippen MR) is 163 cm³/mol. The van der Waals surface area contributed by atoms with Gasteiger partial charge in [-0.15, -0.1) is 0 Å². The van der Waals surface area contributed by atoms with Crippen molar-refractivity contribution in [1.82, 2.24) is 13.8 Å². The summed E-state index contributed by atoms with van der Waals surface area (Å²) in [6.07, 6.45) is 6.60. The Balaban J connectivity index is 1.54. The standard InChI is InChI=1S/C34H20BN5/c1-3-15-27-21(9-1)23-11-5-13-25-29-17-7-19-31-36-32-20-8-18-30-26-14-6-12-24-22-10-2-4-16-28(22)40(34(24)26)35(37(29)31,38(30)32)39(27)33(23)25/h1-20H. The van der Waals surface area contributed by atoms with Crippen LogP contribution in [-0.4, -0.2) is 26.3 Å². The van der Waals surface area contributed by atoms with Gasteiger partial charge in [0.1, 0.15) is 0 Å². The number of fused-ring (bicyclic) bond motifs is 8. The van der Waals surface area contributed by atoms with E-state index in [9.17, 15) is 0 Å². The minimum Gasteiger partial charge on any atom is -0.435 e. The highest BCUT2D eigenvalue weighted by atomic mass is 15.5. The van der Waals surface area contributed by atoms with Gasteiger partial charge in [0.25, 0.3) is 5.82 Å². The van der Waals surface area contributed by atoms with E-state index < -0.39 is 6.69 Å². The molecule has 184 valence electrons. The molecule has 40 heavy (non-hydrogen) atoms. The molecule has 4 aliphatic rings. The van der Waals surface area contributed by atoms with Crippen LogP contribution >= 0.6 is 0 Å². The smallest absolute Gasteiger partial charge is 0.435 e. The van der Waals surface area contributed by atoms with Crippen molar-refractivity contribution >= 4 is 67.6 Å². The average Bonchev–Trinajstić information content (AvgIpc) is 3.54. The summed E-state index contributed by atoms with van der Waals surface area (Å²) >= 11 is 0. The molecule has 0 bridgehead atoms. The highest BCUT2D eigenvalue weighted by molar-refractivity contribution is 6.76. The van der Waals surface area contributed by atoms with Crippen molar-refractivity contribution in [2.75, 3.05) is 0 Å². The van der Waals surface area contributed by atoms with E-state index in [1.165, 1.54) is 66.1 Å². The van der Waals surface area contributed by atoms with Crippen molar-refractivity contribution in [2.24, 2.45) is 4.99 Å². The van der Waals surface area contributed by atoms with Crippen molar-refractivity contribution in [2.45, 2.75) is 0 Å². The number of benzene rings is 4. The van der Waals surface area contributed by atoms with Crippen LogP contribution in [0.4, 0.5) is 5.82 Å². The predicted octanol–water partition coefficient (Wildman–Crippen LogP) is 6.82. The Labute approximate surface area is 228 Å². The van der Waals surface area contributed by atoms with E-state index in [4.69, 9.17) is 4.99 Å². The fourth-order valence-electron chi connectivity index (χ4n) is 8.42. The fraction of sp³-hybridized carbons (Fsp3) is 0. The Hall–Kier alpha value is -5.36. The van der Waals surface area contributed by atoms with Gasteiger partial charge in [-0.3, -0.25) is 0 Å². The van der Waals surface area contributed by atoms with E-state index in [2.05, 4.69) is 140 Å². The molecule has 0 N–H and O–H groups in total. The topological polar surface area (TPSA) is 29.3 Å². The number of hydrogen-bond donors (Lipinski definition) is 0. The second kappa shape index (κ2) is 6.27. The Morgan fingerprint density at radius 3 is 1.98 bits per heavy atom. The lowest BCUT2D eigenvalue weighted by Crippen LogP contribution is -2.86. The number of nitrogens with zero attached hydrogens (tertiary/aromatic N) is 5. The molecule has 3 aromatic heterocycles. The lowest BCUT2D eigenvalue weighted by molar-refractivity contribution is -0.534.